The first-order valence-electron chi connectivity index (χ1n) is 22.3. The number of para-hydroxylation sites is 1. The summed E-state index contributed by atoms with van der Waals surface area (Å²) in [4.78, 5) is 95.3. The molecule has 0 saturated heterocycles. The number of nitrogen functional groups attached to an aromatic ring is 1. The van der Waals surface area contributed by atoms with Crippen LogP contribution in [0.3, 0.4) is 0 Å². The minimum Gasteiger partial charge on any atom is -0.379 e. The molecule has 0 fully saturated rings. The number of fused-ring (bicyclic) bond motifs is 6. The molecule has 0 aliphatic carbocycles. The van der Waals surface area contributed by atoms with Crippen LogP contribution in [-0.4, -0.2) is 102 Å². The van der Waals surface area contributed by atoms with Crippen LogP contribution < -0.4 is 42.8 Å². The van der Waals surface area contributed by atoms with Crippen molar-refractivity contribution in [2.75, 3.05) is 34.5 Å². The Morgan fingerprint density at radius 2 is 1.62 bits per heavy atom. The number of aromatic nitrogens is 7. The first kappa shape index (κ1) is 48.3. The molecule has 1 aliphatic rings. The van der Waals surface area contributed by atoms with E-state index in [1.807, 2.05) is 61.7 Å². The third kappa shape index (κ3) is 12.4. The number of carbonyl (C=O) groups excluding carboxylic acids is 5. The maximum Gasteiger partial charge on any atom is 0.280 e. The Morgan fingerprint density at radius 1 is 0.853 bits per heavy atom. The number of H-pyrrole nitrogens is 2. The summed E-state index contributed by atoms with van der Waals surface area (Å²) in [5.41, 5.74) is 11.6. The topological polar surface area (TPSA) is 288 Å². The Morgan fingerprint density at radius 3 is 2.41 bits per heavy atom. The SMILES string of the molecule is CSC[C@@H](C)NC(=O)C(CCCNC(=O)CCC(=O)N1Cc2ccccc2-c2[nH]nnc2-c2ccccc21)NC(=O)CC[C@@H](C)NC(=O)c1ccc(NCc2cnc3nc(N)[nH]c(=O)c3n2)cc1. The van der Waals surface area contributed by atoms with E-state index in [4.69, 9.17) is 5.73 Å². The van der Waals surface area contributed by atoms with E-state index >= 15 is 0 Å². The number of carbonyl (C=O) groups is 5. The van der Waals surface area contributed by atoms with Crippen LogP contribution in [0.1, 0.15) is 74.0 Å². The van der Waals surface area contributed by atoms with Gasteiger partial charge < -0.3 is 37.2 Å². The van der Waals surface area contributed by atoms with Crippen LogP contribution in [0.2, 0.25) is 0 Å². The van der Waals surface area contributed by atoms with Gasteiger partial charge in [0, 0.05) is 66.0 Å². The van der Waals surface area contributed by atoms with Crippen molar-refractivity contribution in [1.29, 1.82) is 0 Å². The molecule has 6 aromatic rings. The van der Waals surface area contributed by atoms with Gasteiger partial charge in [0.05, 0.1) is 36.4 Å². The van der Waals surface area contributed by atoms with Crippen molar-refractivity contribution in [2.24, 2.45) is 0 Å². The third-order valence-corrected chi connectivity index (χ3v) is 12.1. The number of hydrogen-bond acceptors (Lipinski definition) is 14. The number of anilines is 3. The molecule has 1 aliphatic heterocycles. The van der Waals surface area contributed by atoms with Gasteiger partial charge in [0.15, 0.2) is 11.2 Å². The van der Waals surface area contributed by atoms with Gasteiger partial charge in [-0.3, -0.25) is 38.8 Å². The lowest BCUT2D eigenvalue weighted by atomic mass is 9.95. The van der Waals surface area contributed by atoms with Gasteiger partial charge in [0.25, 0.3) is 11.5 Å². The molecule has 20 nitrogen and oxygen atoms in total. The highest BCUT2D eigenvalue weighted by atomic mass is 32.2. The number of nitrogens with two attached hydrogens (primary N) is 1. The maximum absolute atomic E-state index is 13.8. The Balaban J connectivity index is 0.856. The highest BCUT2D eigenvalue weighted by Gasteiger charge is 2.28. The number of aromatic amines is 2. The number of benzene rings is 3. The smallest absolute Gasteiger partial charge is 0.280 e. The molecule has 354 valence electrons. The molecule has 3 atom stereocenters. The number of nitrogens with one attached hydrogen (secondary N) is 7. The quantitative estimate of drug-likeness (QED) is 0.0505. The minimum atomic E-state index is -0.852. The molecule has 0 bridgehead atoms. The zero-order chi connectivity index (χ0) is 48.2. The second kappa shape index (κ2) is 22.7. The van der Waals surface area contributed by atoms with Crippen LogP contribution in [0, 0.1) is 0 Å². The predicted molar refractivity (Wildman–Crippen MR) is 260 cm³/mol. The molecule has 0 spiro atoms. The van der Waals surface area contributed by atoms with Crippen molar-refractivity contribution in [3.05, 3.63) is 106 Å². The van der Waals surface area contributed by atoms with Crippen molar-refractivity contribution in [3.8, 4) is 22.5 Å². The van der Waals surface area contributed by atoms with Crippen LogP contribution in [0.4, 0.5) is 17.3 Å². The second-order valence-corrected chi connectivity index (χ2v) is 17.4. The van der Waals surface area contributed by atoms with Gasteiger partial charge in [-0.25, -0.2) is 9.97 Å². The fourth-order valence-corrected chi connectivity index (χ4v) is 8.34. The second-order valence-electron chi connectivity index (χ2n) is 16.5. The molecule has 3 aromatic carbocycles. The van der Waals surface area contributed by atoms with Crippen molar-refractivity contribution < 1.29 is 24.0 Å². The van der Waals surface area contributed by atoms with Crippen molar-refractivity contribution in [1.82, 2.24) is 56.6 Å². The molecular formula is C47H54N14O6S. The summed E-state index contributed by atoms with van der Waals surface area (Å²) in [7, 11) is 0. The van der Waals surface area contributed by atoms with Crippen LogP contribution in [0.25, 0.3) is 33.7 Å². The Hall–Kier alpha value is -7.68. The zero-order valence-electron chi connectivity index (χ0n) is 37.9. The van der Waals surface area contributed by atoms with E-state index in [-0.39, 0.29) is 97.5 Å². The Kier molecular flexibility index (Phi) is 16.1. The lowest BCUT2D eigenvalue weighted by molar-refractivity contribution is -0.129. The summed E-state index contributed by atoms with van der Waals surface area (Å²) in [6, 6.07) is 20.7. The fraction of sp³-hybridized carbons (Fsp3) is 0.340. The van der Waals surface area contributed by atoms with Gasteiger partial charge in [-0.1, -0.05) is 47.7 Å². The Labute approximate surface area is 395 Å². The summed E-state index contributed by atoms with van der Waals surface area (Å²) >= 11 is 1.59. The lowest BCUT2D eigenvalue weighted by Gasteiger charge is -2.28. The summed E-state index contributed by atoms with van der Waals surface area (Å²) in [6.45, 7) is 4.48. The number of rotatable bonds is 20. The summed E-state index contributed by atoms with van der Waals surface area (Å²) in [6.07, 6.45) is 4.39. The van der Waals surface area contributed by atoms with E-state index in [2.05, 4.69) is 61.9 Å². The van der Waals surface area contributed by atoms with Crippen LogP contribution in [0.15, 0.2) is 83.8 Å². The lowest BCUT2D eigenvalue weighted by Crippen LogP contribution is -2.50. The highest BCUT2D eigenvalue weighted by Crippen LogP contribution is 2.40. The van der Waals surface area contributed by atoms with Crippen molar-refractivity contribution in [3.63, 3.8) is 0 Å². The molecule has 3 aromatic heterocycles. The molecule has 7 rings (SSSR count). The van der Waals surface area contributed by atoms with E-state index in [1.165, 1.54) is 6.20 Å². The van der Waals surface area contributed by atoms with Gasteiger partial charge in [0.1, 0.15) is 11.7 Å². The molecule has 0 radical (unpaired) electrons. The fourth-order valence-electron chi connectivity index (χ4n) is 7.76. The van der Waals surface area contributed by atoms with Crippen LogP contribution >= 0.6 is 11.8 Å². The molecule has 1 unspecified atom stereocenters. The van der Waals surface area contributed by atoms with E-state index in [0.717, 1.165) is 22.4 Å². The maximum atomic E-state index is 13.8. The van der Waals surface area contributed by atoms with Crippen LogP contribution in [-0.2, 0) is 32.3 Å². The normalized spacial score (nSPS) is 13.1. The summed E-state index contributed by atoms with van der Waals surface area (Å²) in [5.74, 6) is -0.880. The number of thioether (sulfide) groups is 1. The standard InChI is InChI=1S/C47H54N14O6S/c1-27(52-44(65)29-15-17-31(18-16-29)50-23-32-24-51-43-42(54-32)46(67)57-47(48)56-43)14-19-38(63)55-35(45(66)53-28(2)26-68-3)12-8-22-49-37(62)20-21-39(64)61-25-30-9-4-5-10-33(30)40-41(59-60-58-40)34-11-6-7-13-36(34)61/h4-7,9-11,13,15-18,24,27-28,35,50H,8,12,14,19-23,25-26H2,1-3H3,(H,49,62)(H,52,65)(H,53,66)(H,55,63)(H,58,59,60)(H3,48,51,56,57,67)/t27-,28-,35?/m1/s1. The average Bonchev–Trinajstić information content (AvgIpc) is 3.81. The first-order valence-corrected chi connectivity index (χ1v) is 23.7. The molecule has 5 amide bonds. The van der Waals surface area contributed by atoms with E-state index in [0.29, 0.717) is 53.5 Å². The average molecular weight is 943 g/mol. The highest BCUT2D eigenvalue weighted by molar-refractivity contribution is 7.98. The van der Waals surface area contributed by atoms with Crippen molar-refractivity contribution >= 4 is 69.8 Å². The Bertz CT molecular complexity index is 2830. The van der Waals surface area contributed by atoms with Gasteiger partial charge in [-0.15, -0.1) is 5.10 Å². The summed E-state index contributed by atoms with van der Waals surface area (Å²) < 4.78 is 0. The van der Waals surface area contributed by atoms with Gasteiger partial charge in [-0.2, -0.15) is 16.7 Å². The van der Waals surface area contributed by atoms with Crippen LogP contribution in [0.5, 0.6) is 0 Å². The zero-order valence-corrected chi connectivity index (χ0v) is 38.7. The van der Waals surface area contributed by atoms with E-state index in [1.54, 1.807) is 47.9 Å². The molecule has 9 N–H and O–H groups in total. The van der Waals surface area contributed by atoms with Gasteiger partial charge in [-0.05, 0) is 75.3 Å². The van der Waals surface area contributed by atoms with E-state index in [9.17, 15) is 28.8 Å². The third-order valence-electron chi connectivity index (χ3n) is 11.2. The summed E-state index contributed by atoms with van der Waals surface area (Å²) in [5, 5.41) is 26.2. The van der Waals surface area contributed by atoms with Gasteiger partial charge in [0.2, 0.25) is 29.6 Å². The molecular weight excluding hydrogens is 889 g/mol. The molecule has 21 heteroatoms. The van der Waals surface area contributed by atoms with Crippen molar-refractivity contribution in [2.45, 2.75) is 83.6 Å². The number of nitrogens with zero attached hydrogens (tertiary/aromatic N) is 6. The first-order chi connectivity index (χ1) is 32.9. The molecule has 4 heterocycles. The number of hydrogen-bond donors (Lipinski definition) is 8. The minimum absolute atomic E-state index is 0.0317. The monoisotopic (exact) mass is 942 g/mol. The molecule has 0 saturated carbocycles. The largest absolute Gasteiger partial charge is 0.379 e. The van der Waals surface area contributed by atoms with Gasteiger partial charge >= 0.3 is 0 Å². The van der Waals surface area contributed by atoms with E-state index < -0.39 is 11.6 Å². The predicted octanol–water partition coefficient (Wildman–Crippen LogP) is 3.83. The molecule has 68 heavy (non-hydrogen) atoms. The number of amides is 5.